The summed E-state index contributed by atoms with van der Waals surface area (Å²) in [5, 5.41) is 12.7. The van der Waals surface area contributed by atoms with E-state index in [1.165, 1.54) is 10.6 Å². The number of carbonyl (C=O) groups is 1. The van der Waals surface area contributed by atoms with Crippen molar-refractivity contribution in [2.45, 2.75) is 13.2 Å². The van der Waals surface area contributed by atoms with Crippen LogP contribution < -0.4 is 5.32 Å². The van der Waals surface area contributed by atoms with Crippen molar-refractivity contribution in [3.05, 3.63) is 57.3 Å². The van der Waals surface area contributed by atoms with E-state index in [0.717, 1.165) is 11.1 Å². The Labute approximate surface area is 126 Å². The molecule has 4 nitrogen and oxygen atoms in total. The SMILES string of the molecule is Cn1c(C(=O)NCc2ccccc2CO)cc(Cl)c1Cl. The number of nitrogens with one attached hydrogen (secondary N) is 1. The third kappa shape index (κ3) is 2.98. The first-order valence-corrected chi connectivity index (χ1v) is 6.76. The molecule has 0 aliphatic rings. The van der Waals surface area contributed by atoms with Gasteiger partial charge >= 0.3 is 0 Å². The summed E-state index contributed by atoms with van der Waals surface area (Å²) in [6.45, 7) is 0.268. The first-order chi connectivity index (χ1) is 9.54. The van der Waals surface area contributed by atoms with Crippen LogP contribution in [0, 0.1) is 0 Å². The van der Waals surface area contributed by atoms with Crippen molar-refractivity contribution in [2.24, 2.45) is 7.05 Å². The number of hydrogen-bond acceptors (Lipinski definition) is 2. The second-order valence-electron chi connectivity index (χ2n) is 4.34. The topological polar surface area (TPSA) is 54.3 Å². The summed E-state index contributed by atoms with van der Waals surface area (Å²) < 4.78 is 1.52. The molecule has 0 saturated heterocycles. The number of carbonyl (C=O) groups excluding carboxylic acids is 1. The number of hydrogen-bond donors (Lipinski definition) is 2. The maximum Gasteiger partial charge on any atom is 0.268 e. The Kier molecular flexibility index (Phi) is 4.70. The largest absolute Gasteiger partial charge is 0.392 e. The van der Waals surface area contributed by atoms with E-state index in [1.54, 1.807) is 7.05 Å². The fraction of sp³-hybridized carbons (Fsp3) is 0.214. The highest BCUT2D eigenvalue weighted by atomic mass is 35.5. The molecular weight excluding hydrogens is 299 g/mol. The third-order valence-corrected chi connectivity index (χ3v) is 3.92. The first-order valence-electron chi connectivity index (χ1n) is 6.01. The molecule has 0 atom stereocenters. The van der Waals surface area contributed by atoms with Crippen molar-refractivity contribution in [3.8, 4) is 0 Å². The summed E-state index contributed by atoms with van der Waals surface area (Å²) in [5.74, 6) is -0.269. The van der Waals surface area contributed by atoms with Crippen LogP contribution in [-0.2, 0) is 20.2 Å². The van der Waals surface area contributed by atoms with Crippen LogP contribution in [0.15, 0.2) is 30.3 Å². The van der Waals surface area contributed by atoms with Gasteiger partial charge in [-0.2, -0.15) is 0 Å². The van der Waals surface area contributed by atoms with E-state index in [0.29, 0.717) is 22.4 Å². The molecule has 0 bridgehead atoms. The minimum atomic E-state index is -0.269. The number of amides is 1. The van der Waals surface area contributed by atoms with Gasteiger partial charge in [0.2, 0.25) is 0 Å². The summed E-state index contributed by atoms with van der Waals surface area (Å²) in [5.41, 5.74) is 2.05. The van der Waals surface area contributed by atoms with Crippen molar-refractivity contribution in [1.29, 1.82) is 0 Å². The van der Waals surface area contributed by atoms with E-state index in [4.69, 9.17) is 23.2 Å². The molecule has 1 aromatic heterocycles. The summed E-state index contributed by atoms with van der Waals surface area (Å²) in [7, 11) is 1.67. The van der Waals surface area contributed by atoms with E-state index >= 15 is 0 Å². The van der Waals surface area contributed by atoms with Crippen molar-refractivity contribution < 1.29 is 9.90 Å². The minimum Gasteiger partial charge on any atom is -0.392 e. The normalized spacial score (nSPS) is 10.6. The van der Waals surface area contributed by atoms with E-state index in [-0.39, 0.29) is 12.5 Å². The maximum atomic E-state index is 12.1. The van der Waals surface area contributed by atoms with Crippen LogP contribution in [-0.4, -0.2) is 15.6 Å². The highest BCUT2D eigenvalue weighted by Crippen LogP contribution is 2.25. The predicted octanol–water partition coefficient (Wildman–Crippen LogP) is 2.75. The summed E-state index contributed by atoms with van der Waals surface area (Å²) in [6, 6.07) is 8.90. The number of nitrogens with zero attached hydrogens (tertiary/aromatic N) is 1. The Balaban J connectivity index is 2.11. The molecule has 0 radical (unpaired) electrons. The Morgan fingerprint density at radius 2 is 1.95 bits per heavy atom. The average molecular weight is 313 g/mol. The van der Waals surface area contributed by atoms with Crippen molar-refractivity contribution in [2.75, 3.05) is 0 Å². The predicted molar refractivity (Wildman–Crippen MR) is 79.0 cm³/mol. The zero-order valence-electron chi connectivity index (χ0n) is 10.9. The lowest BCUT2D eigenvalue weighted by molar-refractivity contribution is 0.0942. The van der Waals surface area contributed by atoms with E-state index in [1.807, 2.05) is 24.3 Å². The molecule has 106 valence electrons. The van der Waals surface area contributed by atoms with Gasteiger partial charge in [0.1, 0.15) is 10.8 Å². The fourth-order valence-electron chi connectivity index (χ4n) is 1.91. The van der Waals surface area contributed by atoms with Gasteiger partial charge in [-0.15, -0.1) is 0 Å². The maximum absolute atomic E-state index is 12.1. The molecule has 1 aromatic carbocycles. The van der Waals surface area contributed by atoms with Crippen LogP contribution in [0.1, 0.15) is 21.6 Å². The average Bonchev–Trinajstić information content (AvgIpc) is 2.72. The van der Waals surface area contributed by atoms with E-state index < -0.39 is 0 Å². The molecule has 2 N–H and O–H groups in total. The lowest BCUT2D eigenvalue weighted by Crippen LogP contribution is -2.25. The fourth-order valence-corrected chi connectivity index (χ4v) is 2.29. The standard InChI is InChI=1S/C14H14Cl2N2O2/c1-18-12(6-11(15)13(18)16)14(20)17-7-9-4-2-3-5-10(9)8-19/h2-6,19H,7-8H2,1H3,(H,17,20). The Morgan fingerprint density at radius 3 is 2.50 bits per heavy atom. The lowest BCUT2D eigenvalue weighted by Gasteiger charge is -2.09. The molecule has 20 heavy (non-hydrogen) atoms. The van der Waals surface area contributed by atoms with Crippen LogP contribution in [0.2, 0.25) is 10.2 Å². The molecule has 0 aliphatic heterocycles. The Morgan fingerprint density at radius 1 is 1.30 bits per heavy atom. The number of rotatable bonds is 4. The van der Waals surface area contributed by atoms with Crippen LogP contribution in [0.25, 0.3) is 0 Å². The third-order valence-electron chi connectivity index (χ3n) is 3.08. The van der Waals surface area contributed by atoms with Gasteiger partial charge in [-0.3, -0.25) is 4.79 Å². The van der Waals surface area contributed by atoms with E-state index in [9.17, 15) is 9.90 Å². The van der Waals surface area contributed by atoms with Crippen molar-refractivity contribution in [3.63, 3.8) is 0 Å². The van der Waals surface area contributed by atoms with Crippen LogP contribution in [0.3, 0.4) is 0 Å². The summed E-state index contributed by atoms with van der Waals surface area (Å²) in [6.07, 6.45) is 0. The minimum absolute atomic E-state index is 0.0617. The summed E-state index contributed by atoms with van der Waals surface area (Å²) in [4.78, 5) is 12.1. The lowest BCUT2D eigenvalue weighted by atomic mass is 10.1. The Bertz CT molecular complexity index is 638. The van der Waals surface area contributed by atoms with Gasteiger partial charge in [0.25, 0.3) is 5.91 Å². The number of aromatic nitrogens is 1. The number of aliphatic hydroxyl groups is 1. The zero-order valence-corrected chi connectivity index (χ0v) is 12.4. The molecule has 1 amide bonds. The second-order valence-corrected chi connectivity index (χ2v) is 5.10. The molecular formula is C14H14Cl2N2O2. The molecule has 0 saturated carbocycles. The molecule has 0 spiro atoms. The number of benzene rings is 1. The van der Waals surface area contributed by atoms with Gasteiger partial charge in [-0.25, -0.2) is 0 Å². The first kappa shape index (κ1) is 14.9. The van der Waals surface area contributed by atoms with Crippen LogP contribution >= 0.6 is 23.2 Å². The quantitative estimate of drug-likeness (QED) is 0.912. The molecule has 0 aliphatic carbocycles. The summed E-state index contributed by atoms with van der Waals surface area (Å²) >= 11 is 11.8. The van der Waals surface area contributed by atoms with Gasteiger partial charge in [0.15, 0.2) is 0 Å². The highest BCUT2D eigenvalue weighted by Gasteiger charge is 2.15. The van der Waals surface area contributed by atoms with Crippen molar-refractivity contribution >= 4 is 29.1 Å². The second kappa shape index (κ2) is 6.31. The number of halogens is 2. The smallest absolute Gasteiger partial charge is 0.268 e. The zero-order chi connectivity index (χ0) is 14.7. The van der Waals surface area contributed by atoms with Gasteiger partial charge in [-0.1, -0.05) is 47.5 Å². The monoisotopic (exact) mass is 312 g/mol. The van der Waals surface area contributed by atoms with Crippen LogP contribution in [0.5, 0.6) is 0 Å². The molecule has 1 heterocycles. The van der Waals surface area contributed by atoms with Gasteiger partial charge < -0.3 is 15.0 Å². The van der Waals surface area contributed by atoms with Gasteiger partial charge in [0.05, 0.1) is 11.6 Å². The molecule has 6 heteroatoms. The van der Waals surface area contributed by atoms with Gasteiger partial charge in [-0.05, 0) is 17.2 Å². The van der Waals surface area contributed by atoms with E-state index in [2.05, 4.69) is 5.32 Å². The van der Waals surface area contributed by atoms with Gasteiger partial charge in [0, 0.05) is 13.6 Å². The number of aliphatic hydroxyl groups excluding tert-OH is 1. The highest BCUT2D eigenvalue weighted by molar-refractivity contribution is 6.41. The Hall–Kier alpha value is -1.49. The molecule has 2 aromatic rings. The van der Waals surface area contributed by atoms with Crippen molar-refractivity contribution in [1.82, 2.24) is 9.88 Å². The molecule has 2 rings (SSSR count). The molecule has 0 unspecified atom stereocenters. The molecule has 0 fully saturated rings. The van der Waals surface area contributed by atoms with Crippen LogP contribution in [0.4, 0.5) is 0 Å².